The van der Waals surface area contributed by atoms with E-state index in [1.165, 1.54) is 12.1 Å². The van der Waals surface area contributed by atoms with Gasteiger partial charge in [-0.25, -0.2) is 0 Å². The number of benzene rings is 1. The molecule has 15 heavy (non-hydrogen) atoms. The number of nitrogens with zero attached hydrogens (tertiary/aromatic N) is 1. The fraction of sp³-hybridized carbons (Fsp3) is 0.222. The second-order valence-electron chi connectivity index (χ2n) is 2.83. The van der Waals surface area contributed by atoms with Crippen LogP contribution < -0.4 is 9.47 Å². The largest absolute Gasteiger partial charge is 0.454 e. The van der Waals surface area contributed by atoms with Crippen LogP contribution in [0.5, 0.6) is 11.5 Å². The molecule has 0 atom stereocenters. The van der Waals surface area contributed by atoms with E-state index in [4.69, 9.17) is 14.7 Å². The number of alkyl halides is 3. The minimum absolute atomic E-state index is 0.0151. The number of rotatable bonds is 0. The van der Waals surface area contributed by atoms with E-state index in [9.17, 15) is 13.2 Å². The summed E-state index contributed by atoms with van der Waals surface area (Å²) >= 11 is 0. The molecule has 0 unspecified atom stereocenters. The van der Waals surface area contributed by atoms with Gasteiger partial charge in [0.1, 0.15) is 5.56 Å². The molecule has 1 heterocycles. The lowest BCUT2D eigenvalue weighted by Gasteiger charge is -2.10. The fourth-order valence-electron chi connectivity index (χ4n) is 1.35. The number of nitriles is 1. The second-order valence-corrected chi connectivity index (χ2v) is 2.83. The first kappa shape index (κ1) is 9.65. The Morgan fingerprint density at radius 1 is 1.27 bits per heavy atom. The van der Waals surface area contributed by atoms with Crippen LogP contribution in [0.1, 0.15) is 11.1 Å². The maximum absolute atomic E-state index is 12.6. The Morgan fingerprint density at radius 3 is 2.60 bits per heavy atom. The van der Waals surface area contributed by atoms with Crippen LogP contribution in [0.4, 0.5) is 13.2 Å². The molecule has 1 aromatic carbocycles. The highest BCUT2D eigenvalue weighted by atomic mass is 19.4. The van der Waals surface area contributed by atoms with Crippen molar-refractivity contribution in [2.45, 2.75) is 6.18 Å². The SMILES string of the molecule is N#Cc1ccc2c(c1C(F)(F)F)OCO2. The molecule has 1 aliphatic rings. The number of ether oxygens (including phenoxy) is 2. The highest BCUT2D eigenvalue weighted by Gasteiger charge is 2.40. The van der Waals surface area contributed by atoms with Gasteiger partial charge in [-0.15, -0.1) is 0 Å². The normalized spacial score (nSPS) is 13.7. The first-order valence-corrected chi connectivity index (χ1v) is 3.94. The van der Waals surface area contributed by atoms with Gasteiger partial charge < -0.3 is 9.47 Å². The number of fused-ring (bicyclic) bond motifs is 1. The predicted molar refractivity (Wildman–Crippen MR) is 42.3 cm³/mol. The Hall–Kier alpha value is -1.90. The van der Waals surface area contributed by atoms with E-state index in [0.29, 0.717) is 0 Å². The molecule has 3 nitrogen and oxygen atoms in total. The van der Waals surface area contributed by atoms with Crippen molar-refractivity contribution in [1.82, 2.24) is 0 Å². The van der Waals surface area contributed by atoms with Crippen molar-refractivity contribution in [1.29, 1.82) is 5.26 Å². The lowest BCUT2D eigenvalue weighted by molar-refractivity contribution is -0.138. The van der Waals surface area contributed by atoms with E-state index < -0.39 is 23.1 Å². The molecule has 0 saturated heterocycles. The zero-order chi connectivity index (χ0) is 11.1. The quantitative estimate of drug-likeness (QED) is 0.666. The zero-order valence-corrected chi connectivity index (χ0v) is 7.26. The highest BCUT2D eigenvalue weighted by Crippen LogP contribution is 2.45. The van der Waals surface area contributed by atoms with Gasteiger partial charge in [0.2, 0.25) is 6.79 Å². The standard InChI is InChI=1S/C9H4F3NO2/c10-9(11,12)7-5(3-13)1-2-6-8(7)15-4-14-6/h1-2H,4H2. The van der Waals surface area contributed by atoms with Crippen LogP contribution in [0.3, 0.4) is 0 Å². The maximum atomic E-state index is 12.6. The van der Waals surface area contributed by atoms with E-state index >= 15 is 0 Å². The van der Waals surface area contributed by atoms with Crippen molar-refractivity contribution in [2.75, 3.05) is 6.79 Å². The molecular formula is C9H4F3NO2. The van der Waals surface area contributed by atoms with Gasteiger partial charge in [-0.1, -0.05) is 0 Å². The van der Waals surface area contributed by atoms with Crippen molar-refractivity contribution in [2.24, 2.45) is 0 Å². The van der Waals surface area contributed by atoms with Gasteiger partial charge in [-0.05, 0) is 12.1 Å². The molecule has 0 amide bonds. The van der Waals surface area contributed by atoms with Crippen LogP contribution in [-0.2, 0) is 6.18 Å². The number of hydrogen-bond acceptors (Lipinski definition) is 3. The maximum Gasteiger partial charge on any atom is 0.421 e. The molecular weight excluding hydrogens is 211 g/mol. The van der Waals surface area contributed by atoms with Crippen molar-refractivity contribution in [3.8, 4) is 17.6 Å². The molecule has 78 valence electrons. The third-order valence-electron chi connectivity index (χ3n) is 1.94. The van der Waals surface area contributed by atoms with Crippen LogP contribution in [-0.4, -0.2) is 6.79 Å². The summed E-state index contributed by atoms with van der Waals surface area (Å²) < 4.78 is 47.3. The Kier molecular flexibility index (Phi) is 1.96. The van der Waals surface area contributed by atoms with Gasteiger partial charge in [-0.3, -0.25) is 0 Å². The Bertz CT molecular complexity index is 448. The predicted octanol–water partition coefficient (Wildman–Crippen LogP) is 2.31. The van der Waals surface area contributed by atoms with Gasteiger partial charge in [0, 0.05) is 0 Å². The summed E-state index contributed by atoms with van der Waals surface area (Å²) in [6, 6.07) is 3.83. The topological polar surface area (TPSA) is 42.2 Å². The van der Waals surface area contributed by atoms with Gasteiger partial charge in [0.05, 0.1) is 11.6 Å². The molecule has 0 aliphatic carbocycles. The Balaban J connectivity index is 2.69. The molecule has 1 aromatic rings. The summed E-state index contributed by atoms with van der Waals surface area (Å²) in [7, 11) is 0. The Morgan fingerprint density at radius 2 is 2.00 bits per heavy atom. The molecule has 0 N–H and O–H groups in total. The van der Waals surface area contributed by atoms with Gasteiger partial charge in [0.15, 0.2) is 11.5 Å². The minimum Gasteiger partial charge on any atom is -0.454 e. The average molecular weight is 215 g/mol. The smallest absolute Gasteiger partial charge is 0.421 e. The Labute approximate surface area is 82.6 Å². The van der Waals surface area contributed by atoms with Crippen molar-refractivity contribution in [3.05, 3.63) is 23.3 Å². The van der Waals surface area contributed by atoms with Crippen molar-refractivity contribution < 1.29 is 22.6 Å². The molecule has 1 aliphatic heterocycles. The van der Waals surface area contributed by atoms with Crippen LogP contribution in [0.25, 0.3) is 0 Å². The third kappa shape index (κ3) is 1.46. The summed E-state index contributed by atoms with van der Waals surface area (Å²) in [5.74, 6) is -0.386. The zero-order valence-electron chi connectivity index (χ0n) is 7.26. The average Bonchev–Trinajstić information content (AvgIpc) is 2.61. The summed E-state index contributed by atoms with van der Waals surface area (Å²) in [4.78, 5) is 0. The van der Waals surface area contributed by atoms with Crippen LogP contribution in [0.15, 0.2) is 12.1 Å². The first-order chi connectivity index (χ1) is 7.04. The van der Waals surface area contributed by atoms with E-state index in [0.717, 1.165) is 6.07 Å². The van der Waals surface area contributed by atoms with Gasteiger partial charge in [-0.2, -0.15) is 18.4 Å². The molecule has 2 rings (SSSR count). The molecule has 0 bridgehead atoms. The van der Waals surface area contributed by atoms with Gasteiger partial charge >= 0.3 is 6.18 Å². The van der Waals surface area contributed by atoms with Crippen LogP contribution in [0, 0.1) is 11.3 Å². The molecule has 0 spiro atoms. The molecule has 0 radical (unpaired) electrons. The third-order valence-corrected chi connectivity index (χ3v) is 1.94. The summed E-state index contributed by atoms with van der Waals surface area (Å²) in [5.41, 5.74) is -1.54. The van der Waals surface area contributed by atoms with Crippen molar-refractivity contribution in [3.63, 3.8) is 0 Å². The summed E-state index contributed by atoms with van der Waals surface area (Å²) in [6.07, 6.45) is -4.62. The number of halogens is 3. The van der Waals surface area contributed by atoms with Crippen molar-refractivity contribution >= 4 is 0 Å². The molecule has 0 fully saturated rings. The van der Waals surface area contributed by atoms with E-state index in [-0.39, 0.29) is 12.5 Å². The lowest BCUT2D eigenvalue weighted by atomic mass is 10.1. The summed E-state index contributed by atoms with van der Waals surface area (Å²) in [6.45, 7) is -0.257. The molecule has 0 aromatic heterocycles. The van der Waals surface area contributed by atoms with Crippen LogP contribution in [0.2, 0.25) is 0 Å². The molecule has 0 saturated carbocycles. The van der Waals surface area contributed by atoms with E-state index in [1.807, 2.05) is 0 Å². The highest BCUT2D eigenvalue weighted by molar-refractivity contribution is 5.57. The summed E-state index contributed by atoms with van der Waals surface area (Å²) in [5, 5.41) is 8.57. The first-order valence-electron chi connectivity index (χ1n) is 3.94. The van der Waals surface area contributed by atoms with Gasteiger partial charge in [0.25, 0.3) is 0 Å². The second kappa shape index (κ2) is 3.05. The fourth-order valence-corrected chi connectivity index (χ4v) is 1.35. The lowest BCUT2D eigenvalue weighted by Crippen LogP contribution is -2.09. The van der Waals surface area contributed by atoms with E-state index in [1.54, 1.807) is 0 Å². The molecule has 6 heteroatoms. The minimum atomic E-state index is -4.62. The van der Waals surface area contributed by atoms with Crippen LogP contribution >= 0.6 is 0 Å². The number of hydrogen-bond donors (Lipinski definition) is 0. The monoisotopic (exact) mass is 215 g/mol. The van der Waals surface area contributed by atoms with E-state index in [2.05, 4.69) is 0 Å².